The van der Waals surface area contributed by atoms with Crippen molar-refractivity contribution in [1.82, 2.24) is 15.7 Å². The Balaban J connectivity index is 2.39. The van der Waals surface area contributed by atoms with Crippen LogP contribution in [0.1, 0.15) is 39.4 Å². The van der Waals surface area contributed by atoms with Crippen molar-refractivity contribution in [2.45, 2.75) is 39.3 Å². The van der Waals surface area contributed by atoms with E-state index in [1.807, 2.05) is 33.8 Å². The summed E-state index contributed by atoms with van der Waals surface area (Å²) in [6.07, 6.45) is 1.73. The molecule has 74 valence electrons. The number of hydrogen-bond acceptors (Lipinski definition) is 3. The lowest BCUT2D eigenvalue weighted by Gasteiger charge is -2.22. The van der Waals surface area contributed by atoms with Crippen LogP contribution in [0.5, 0.6) is 0 Å². The zero-order valence-corrected chi connectivity index (χ0v) is 8.59. The van der Waals surface area contributed by atoms with Gasteiger partial charge in [-0.25, -0.2) is 0 Å². The topological polar surface area (TPSA) is 49.9 Å². The molecule has 0 radical (unpaired) electrons. The number of hydroxylamine groups is 1. The third-order valence-electron chi connectivity index (χ3n) is 1.53. The molecule has 1 unspecified atom stereocenters. The van der Waals surface area contributed by atoms with Crippen LogP contribution in [0.4, 0.5) is 0 Å². The second-order valence-electron chi connectivity index (χ2n) is 4.07. The van der Waals surface area contributed by atoms with Crippen LogP contribution in [0.25, 0.3) is 0 Å². The van der Waals surface area contributed by atoms with Gasteiger partial charge in [0.2, 0.25) is 0 Å². The molecule has 1 atom stereocenters. The summed E-state index contributed by atoms with van der Waals surface area (Å²) in [4.78, 5) is 5.42. The van der Waals surface area contributed by atoms with Crippen LogP contribution in [-0.4, -0.2) is 15.8 Å². The highest BCUT2D eigenvalue weighted by Crippen LogP contribution is 2.11. The molecule has 1 aromatic rings. The number of H-pyrrole nitrogens is 1. The quantitative estimate of drug-likeness (QED) is 0.702. The molecule has 0 saturated carbocycles. The maximum atomic E-state index is 5.42. The van der Waals surface area contributed by atoms with E-state index in [0.29, 0.717) is 0 Å². The first-order valence-electron chi connectivity index (χ1n) is 4.42. The van der Waals surface area contributed by atoms with E-state index in [-0.39, 0.29) is 11.6 Å². The Morgan fingerprint density at radius 1 is 1.54 bits per heavy atom. The number of aromatic amines is 1. The highest BCUT2D eigenvalue weighted by Gasteiger charge is 2.13. The molecule has 1 aromatic heterocycles. The van der Waals surface area contributed by atoms with Gasteiger partial charge in [-0.3, -0.25) is 9.94 Å². The van der Waals surface area contributed by atoms with Crippen LogP contribution in [0, 0.1) is 0 Å². The molecule has 4 nitrogen and oxygen atoms in total. The third-order valence-corrected chi connectivity index (χ3v) is 1.53. The third kappa shape index (κ3) is 3.57. The van der Waals surface area contributed by atoms with Gasteiger partial charge in [0.05, 0.1) is 17.3 Å². The zero-order chi connectivity index (χ0) is 9.90. The van der Waals surface area contributed by atoms with Crippen molar-refractivity contribution >= 4 is 0 Å². The fourth-order valence-electron chi connectivity index (χ4n) is 0.836. The summed E-state index contributed by atoms with van der Waals surface area (Å²) >= 11 is 0. The van der Waals surface area contributed by atoms with Crippen molar-refractivity contribution in [3.8, 4) is 0 Å². The predicted octanol–water partition coefficient (Wildman–Crippen LogP) is 1.79. The lowest BCUT2D eigenvalue weighted by molar-refractivity contribution is -0.0871. The van der Waals surface area contributed by atoms with Gasteiger partial charge < -0.3 is 0 Å². The van der Waals surface area contributed by atoms with Crippen molar-refractivity contribution in [2.75, 3.05) is 0 Å². The predicted molar refractivity (Wildman–Crippen MR) is 51.0 cm³/mol. The van der Waals surface area contributed by atoms with E-state index >= 15 is 0 Å². The van der Waals surface area contributed by atoms with E-state index in [9.17, 15) is 0 Å². The monoisotopic (exact) mass is 183 g/mol. The fraction of sp³-hybridized carbons (Fsp3) is 0.667. The molecule has 0 fully saturated rings. The number of aromatic nitrogens is 2. The highest BCUT2D eigenvalue weighted by molar-refractivity contribution is 5.01. The van der Waals surface area contributed by atoms with Crippen molar-refractivity contribution in [2.24, 2.45) is 0 Å². The summed E-state index contributed by atoms with van der Waals surface area (Å²) in [5.41, 5.74) is 3.80. The molecule has 4 heteroatoms. The Bertz CT molecular complexity index is 238. The Labute approximate surface area is 78.6 Å². The number of nitrogens with one attached hydrogen (secondary N) is 2. The lowest BCUT2D eigenvalue weighted by Crippen LogP contribution is -2.31. The Hall–Kier alpha value is -0.870. The van der Waals surface area contributed by atoms with Gasteiger partial charge >= 0.3 is 0 Å². The van der Waals surface area contributed by atoms with Crippen LogP contribution in [0.15, 0.2) is 12.3 Å². The minimum Gasteiger partial charge on any atom is -0.295 e. The second kappa shape index (κ2) is 3.89. The number of nitrogens with zero attached hydrogens (tertiary/aromatic N) is 1. The van der Waals surface area contributed by atoms with Crippen LogP contribution < -0.4 is 5.48 Å². The van der Waals surface area contributed by atoms with E-state index in [4.69, 9.17) is 4.84 Å². The Morgan fingerprint density at radius 2 is 2.23 bits per heavy atom. The first kappa shape index (κ1) is 10.2. The van der Waals surface area contributed by atoms with Crippen molar-refractivity contribution in [3.63, 3.8) is 0 Å². The average molecular weight is 183 g/mol. The number of rotatable bonds is 3. The normalized spacial score (nSPS) is 14.5. The summed E-state index contributed by atoms with van der Waals surface area (Å²) in [6, 6.07) is 2.05. The maximum Gasteiger partial charge on any atom is 0.0813 e. The van der Waals surface area contributed by atoms with Crippen LogP contribution >= 0.6 is 0 Å². The van der Waals surface area contributed by atoms with Crippen LogP contribution in [0.3, 0.4) is 0 Å². The SMILES string of the molecule is CC(NOC(C)(C)C)c1ccn[nH]1. The van der Waals surface area contributed by atoms with Crippen molar-refractivity contribution in [3.05, 3.63) is 18.0 Å². The molecular formula is C9H17N3O. The molecule has 1 rings (SSSR count). The Morgan fingerprint density at radius 3 is 2.69 bits per heavy atom. The van der Waals surface area contributed by atoms with Gasteiger partial charge in [-0.1, -0.05) is 0 Å². The molecule has 0 aliphatic heterocycles. The van der Waals surface area contributed by atoms with Crippen LogP contribution in [0.2, 0.25) is 0 Å². The molecule has 0 amide bonds. The smallest absolute Gasteiger partial charge is 0.0813 e. The first-order valence-corrected chi connectivity index (χ1v) is 4.42. The van der Waals surface area contributed by atoms with Gasteiger partial charge in [0.25, 0.3) is 0 Å². The largest absolute Gasteiger partial charge is 0.295 e. The molecule has 0 saturated heterocycles. The molecule has 0 aliphatic rings. The summed E-state index contributed by atoms with van der Waals surface area (Å²) in [5, 5.41) is 6.75. The zero-order valence-electron chi connectivity index (χ0n) is 8.59. The van der Waals surface area contributed by atoms with Crippen molar-refractivity contribution in [1.29, 1.82) is 0 Å². The van der Waals surface area contributed by atoms with Gasteiger partial charge in [0.15, 0.2) is 0 Å². The summed E-state index contributed by atoms with van der Waals surface area (Å²) in [7, 11) is 0. The minimum atomic E-state index is -0.172. The lowest BCUT2D eigenvalue weighted by atomic mass is 10.2. The van der Waals surface area contributed by atoms with E-state index < -0.39 is 0 Å². The first-order chi connectivity index (χ1) is 5.99. The summed E-state index contributed by atoms with van der Waals surface area (Å²) in [5.74, 6) is 0. The molecule has 0 spiro atoms. The van der Waals surface area contributed by atoms with Gasteiger partial charge in [-0.05, 0) is 33.8 Å². The minimum absolute atomic E-state index is 0.127. The second-order valence-corrected chi connectivity index (χ2v) is 4.07. The maximum absolute atomic E-state index is 5.42. The van der Waals surface area contributed by atoms with E-state index in [1.165, 1.54) is 0 Å². The summed E-state index contributed by atoms with van der Waals surface area (Å²) in [6.45, 7) is 8.01. The van der Waals surface area contributed by atoms with E-state index in [0.717, 1.165) is 5.69 Å². The summed E-state index contributed by atoms with van der Waals surface area (Å²) < 4.78 is 0. The molecular weight excluding hydrogens is 166 g/mol. The Kier molecular flexibility index (Phi) is 3.06. The fourth-order valence-corrected chi connectivity index (χ4v) is 0.836. The molecule has 0 aromatic carbocycles. The molecule has 2 N–H and O–H groups in total. The highest BCUT2D eigenvalue weighted by atomic mass is 16.7. The van der Waals surface area contributed by atoms with E-state index in [1.54, 1.807) is 6.20 Å². The molecule has 13 heavy (non-hydrogen) atoms. The molecule has 1 heterocycles. The van der Waals surface area contributed by atoms with Crippen molar-refractivity contribution < 1.29 is 4.84 Å². The van der Waals surface area contributed by atoms with Gasteiger partial charge in [0.1, 0.15) is 0 Å². The van der Waals surface area contributed by atoms with Gasteiger partial charge in [0, 0.05) is 6.20 Å². The average Bonchev–Trinajstić information content (AvgIpc) is 2.50. The van der Waals surface area contributed by atoms with Gasteiger partial charge in [-0.2, -0.15) is 10.6 Å². The van der Waals surface area contributed by atoms with Gasteiger partial charge in [-0.15, -0.1) is 0 Å². The molecule has 0 bridgehead atoms. The molecule has 0 aliphatic carbocycles. The van der Waals surface area contributed by atoms with Crippen LogP contribution in [-0.2, 0) is 4.84 Å². The number of hydrogen-bond donors (Lipinski definition) is 2. The van der Waals surface area contributed by atoms with E-state index in [2.05, 4.69) is 15.7 Å². The standard InChI is InChI=1S/C9H17N3O/c1-7(8-5-6-10-11-8)12-13-9(2,3)4/h5-7,12H,1-4H3,(H,10,11).